The zero-order chi connectivity index (χ0) is 9.26. The van der Waals surface area contributed by atoms with Crippen LogP contribution in [0.4, 0.5) is 5.82 Å². The van der Waals surface area contributed by atoms with Crippen LogP contribution in [0.25, 0.3) is 0 Å². The Morgan fingerprint density at radius 1 is 1.46 bits per heavy atom. The molecule has 0 N–H and O–H groups in total. The molecule has 2 heterocycles. The molecule has 0 bridgehead atoms. The van der Waals surface area contributed by atoms with Gasteiger partial charge in [0, 0.05) is 13.1 Å². The van der Waals surface area contributed by atoms with Gasteiger partial charge in [-0.1, -0.05) is 6.92 Å². The van der Waals surface area contributed by atoms with Crippen LogP contribution in [0, 0.1) is 5.92 Å². The number of aromatic nitrogens is 2. The maximum atomic E-state index is 4.29. The predicted octanol–water partition coefficient (Wildman–Crippen LogP) is 2.09. The van der Waals surface area contributed by atoms with Crippen molar-refractivity contribution in [3.63, 3.8) is 0 Å². The molecule has 2 rings (SSSR count). The van der Waals surface area contributed by atoms with Crippen molar-refractivity contribution in [2.75, 3.05) is 18.0 Å². The molecule has 4 heteroatoms. The van der Waals surface area contributed by atoms with E-state index in [9.17, 15) is 0 Å². The summed E-state index contributed by atoms with van der Waals surface area (Å²) in [6, 6.07) is 0. The fraction of sp³-hybridized carbons (Fsp3) is 0.556. The van der Waals surface area contributed by atoms with Crippen LogP contribution in [0.1, 0.15) is 13.3 Å². The lowest BCUT2D eigenvalue weighted by molar-refractivity contribution is 0.395. The minimum Gasteiger partial charge on any atom is -0.355 e. The summed E-state index contributed by atoms with van der Waals surface area (Å²) in [5.74, 6) is 1.85. The number of halogens is 1. The van der Waals surface area contributed by atoms with Crippen LogP contribution in [0.15, 0.2) is 17.0 Å². The second-order valence-corrected chi connectivity index (χ2v) is 4.19. The third-order valence-corrected chi connectivity index (χ3v) is 2.87. The molecule has 1 aliphatic heterocycles. The summed E-state index contributed by atoms with van der Waals surface area (Å²) < 4.78 is 0.795. The largest absolute Gasteiger partial charge is 0.355 e. The average molecular weight is 242 g/mol. The van der Waals surface area contributed by atoms with Crippen LogP contribution in [-0.4, -0.2) is 23.1 Å². The van der Waals surface area contributed by atoms with Crippen molar-refractivity contribution in [3.8, 4) is 0 Å². The Hall–Kier alpha value is -0.640. The van der Waals surface area contributed by atoms with E-state index in [1.165, 1.54) is 6.42 Å². The topological polar surface area (TPSA) is 29.0 Å². The average Bonchev–Trinajstić information content (AvgIpc) is 2.06. The molecule has 1 fully saturated rings. The van der Waals surface area contributed by atoms with E-state index in [0.717, 1.165) is 29.4 Å². The van der Waals surface area contributed by atoms with Crippen molar-refractivity contribution in [2.24, 2.45) is 5.92 Å². The Morgan fingerprint density at radius 2 is 2.23 bits per heavy atom. The van der Waals surface area contributed by atoms with Gasteiger partial charge in [0.05, 0.1) is 12.4 Å². The van der Waals surface area contributed by atoms with Gasteiger partial charge in [-0.25, -0.2) is 9.97 Å². The lowest BCUT2D eigenvalue weighted by Crippen LogP contribution is -2.46. The number of rotatable bonds is 2. The third kappa shape index (κ3) is 1.82. The van der Waals surface area contributed by atoms with Crippen LogP contribution in [0.5, 0.6) is 0 Å². The molecule has 1 saturated heterocycles. The lowest BCUT2D eigenvalue weighted by atomic mass is 9.98. The maximum Gasteiger partial charge on any atom is 0.147 e. The summed E-state index contributed by atoms with van der Waals surface area (Å²) in [7, 11) is 0. The summed E-state index contributed by atoms with van der Waals surface area (Å²) in [5, 5.41) is 0. The van der Waals surface area contributed by atoms with E-state index >= 15 is 0 Å². The second-order valence-electron chi connectivity index (χ2n) is 3.38. The van der Waals surface area contributed by atoms with Gasteiger partial charge in [-0.15, -0.1) is 0 Å². The van der Waals surface area contributed by atoms with Gasteiger partial charge in [0.2, 0.25) is 0 Å². The van der Waals surface area contributed by atoms with Gasteiger partial charge in [0.1, 0.15) is 10.4 Å². The molecule has 0 unspecified atom stereocenters. The van der Waals surface area contributed by atoms with E-state index in [0.29, 0.717) is 0 Å². The van der Waals surface area contributed by atoms with Crippen molar-refractivity contribution in [1.82, 2.24) is 9.97 Å². The number of anilines is 1. The fourth-order valence-electron chi connectivity index (χ4n) is 1.48. The summed E-state index contributed by atoms with van der Waals surface area (Å²) in [5.41, 5.74) is 0. The first kappa shape index (κ1) is 8.94. The third-order valence-electron chi connectivity index (χ3n) is 2.47. The minimum absolute atomic E-state index is 0.795. The molecule has 3 nitrogen and oxygen atoms in total. The molecule has 1 aliphatic rings. The van der Waals surface area contributed by atoms with Crippen molar-refractivity contribution >= 4 is 21.7 Å². The van der Waals surface area contributed by atoms with E-state index in [-0.39, 0.29) is 0 Å². The van der Waals surface area contributed by atoms with Gasteiger partial charge in [0.25, 0.3) is 0 Å². The number of hydrogen-bond acceptors (Lipinski definition) is 3. The molecule has 0 radical (unpaired) electrons. The van der Waals surface area contributed by atoms with E-state index in [1.807, 2.05) is 6.20 Å². The standard InChI is InChI=1S/C9H12BrN3/c1-2-7-5-13(6-7)9-4-11-8(10)3-12-9/h3-4,7H,2,5-6H2,1H3. The normalized spacial score (nSPS) is 17.2. The Kier molecular flexibility index (Phi) is 2.49. The lowest BCUT2D eigenvalue weighted by Gasteiger charge is -2.39. The van der Waals surface area contributed by atoms with Gasteiger partial charge in [0.15, 0.2) is 0 Å². The first-order chi connectivity index (χ1) is 6.29. The molecule has 0 saturated carbocycles. The zero-order valence-electron chi connectivity index (χ0n) is 7.57. The van der Waals surface area contributed by atoms with Gasteiger partial charge >= 0.3 is 0 Å². The highest BCUT2D eigenvalue weighted by Crippen LogP contribution is 2.24. The van der Waals surface area contributed by atoms with Crippen molar-refractivity contribution < 1.29 is 0 Å². The highest BCUT2D eigenvalue weighted by Gasteiger charge is 2.25. The number of hydrogen-bond donors (Lipinski definition) is 0. The van der Waals surface area contributed by atoms with E-state index < -0.39 is 0 Å². The molecule has 13 heavy (non-hydrogen) atoms. The maximum absolute atomic E-state index is 4.29. The summed E-state index contributed by atoms with van der Waals surface area (Å²) in [4.78, 5) is 10.7. The smallest absolute Gasteiger partial charge is 0.147 e. The summed E-state index contributed by atoms with van der Waals surface area (Å²) in [6.45, 7) is 4.49. The van der Waals surface area contributed by atoms with Gasteiger partial charge in [-0.05, 0) is 28.3 Å². The highest BCUT2D eigenvalue weighted by molar-refractivity contribution is 9.10. The van der Waals surface area contributed by atoms with Crippen LogP contribution in [0.3, 0.4) is 0 Å². The predicted molar refractivity (Wildman–Crippen MR) is 55.7 cm³/mol. The molecule has 0 aromatic carbocycles. The minimum atomic E-state index is 0.795. The molecule has 0 amide bonds. The molecule has 0 spiro atoms. The molecule has 1 aromatic heterocycles. The summed E-state index contributed by atoms with van der Waals surface area (Å²) >= 11 is 3.27. The Balaban J connectivity index is 1.99. The van der Waals surface area contributed by atoms with E-state index in [4.69, 9.17) is 0 Å². The van der Waals surface area contributed by atoms with Gasteiger partial charge in [-0.2, -0.15) is 0 Å². The van der Waals surface area contributed by atoms with Crippen LogP contribution in [-0.2, 0) is 0 Å². The zero-order valence-corrected chi connectivity index (χ0v) is 9.16. The van der Waals surface area contributed by atoms with E-state index in [2.05, 4.69) is 37.7 Å². The Labute approximate surface area is 86.3 Å². The first-order valence-electron chi connectivity index (χ1n) is 4.52. The molecule has 0 aliphatic carbocycles. The highest BCUT2D eigenvalue weighted by atomic mass is 79.9. The quantitative estimate of drug-likeness (QED) is 0.795. The fourth-order valence-corrected chi connectivity index (χ4v) is 1.69. The Morgan fingerprint density at radius 3 is 2.77 bits per heavy atom. The van der Waals surface area contributed by atoms with Crippen LogP contribution in [0.2, 0.25) is 0 Å². The van der Waals surface area contributed by atoms with Crippen molar-refractivity contribution in [1.29, 1.82) is 0 Å². The molecule has 1 aromatic rings. The number of nitrogens with zero attached hydrogens (tertiary/aromatic N) is 3. The second kappa shape index (κ2) is 3.62. The van der Waals surface area contributed by atoms with Crippen molar-refractivity contribution in [2.45, 2.75) is 13.3 Å². The molecule has 70 valence electrons. The first-order valence-corrected chi connectivity index (χ1v) is 5.31. The van der Waals surface area contributed by atoms with Crippen LogP contribution >= 0.6 is 15.9 Å². The van der Waals surface area contributed by atoms with Crippen LogP contribution < -0.4 is 4.90 Å². The van der Waals surface area contributed by atoms with Gasteiger partial charge < -0.3 is 4.90 Å². The van der Waals surface area contributed by atoms with Gasteiger partial charge in [-0.3, -0.25) is 0 Å². The monoisotopic (exact) mass is 241 g/mol. The van der Waals surface area contributed by atoms with Crippen molar-refractivity contribution in [3.05, 3.63) is 17.0 Å². The molecular weight excluding hydrogens is 230 g/mol. The Bertz CT molecular complexity index is 279. The summed E-state index contributed by atoms with van der Waals surface area (Å²) in [6.07, 6.45) is 4.82. The SMILES string of the molecule is CCC1CN(c2cnc(Br)cn2)C1. The molecular formula is C9H12BrN3. The molecule has 0 atom stereocenters. The van der Waals surface area contributed by atoms with E-state index in [1.54, 1.807) is 6.20 Å².